The summed E-state index contributed by atoms with van der Waals surface area (Å²) in [6, 6.07) is 6.37. The van der Waals surface area contributed by atoms with Gasteiger partial charge in [0.05, 0.1) is 0 Å². The smallest absolute Gasteiger partial charge is 0.261 e. The molecular formula is C27H32N2O4. The first-order valence-electron chi connectivity index (χ1n) is 12.2. The molecule has 0 saturated carbocycles. The minimum absolute atomic E-state index is 0.217. The van der Waals surface area contributed by atoms with Crippen LogP contribution in [0.4, 0.5) is 0 Å². The maximum atomic E-state index is 13.4. The molecule has 0 fully saturated rings. The van der Waals surface area contributed by atoms with E-state index in [1.54, 1.807) is 24.3 Å². The van der Waals surface area contributed by atoms with Crippen LogP contribution in [0, 0.1) is 5.92 Å². The Morgan fingerprint density at radius 3 is 1.58 bits per heavy atom. The predicted octanol–water partition coefficient (Wildman–Crippen LogP) is 5.44. The maximum absolute atomic E-state index is 13.4. The Bertz CT molecular complexity index is 1080. The summed E-state index contributed by atoms with van der Waals surface area (Å²) in [6.45, 7) is 8.50. The fraction of sp³-hybridized carbons (Fsp3) is 0.481. The number of imide groups is 2. The van der Waals surface area contributed by atoms with Gasteiger partial charge in [0.1, 0.15) is 0 Å². The SMILES string of the molecule is CCCCC[C@H](C)N1C(=O)c2ccc3c4c(ccc(c24)C1=O)C(=O)N(CC(CC)CC)C3=O. The number of amides is 4. The van der Waals surface area contributed by atoms with Crippen molar-refractivity contribution in [3.05, 3.63) is 46.5 Å². The molecule has 4 amide bonds. The van der Waals surface area contributed by atoms with Gasteiger partial charge in [-0.3, -0.25) is 29.0 Å². The summed E-state index contributed by atoms with van der Waals surface area (Å²) in [5, 5.41) is 0.890. The summed E-state index contributed by atoms with van der Waals surface area (Å²) in [4.78, 5) is 56.1. The number of carbonyl (C=O) groups is 4. The van der Waals surface area contributed by atoms with Gasteiger partial charge in [0, 0.05) is 45.6 Å². The molecular weight excluding hydrogens is 416 g/mol. The highest BCUT2D eigenvalue weighted by molar-refractivity contribution is 6.33. The molecule has 0 unspecified atom stereocenters. The van der Waals surface area contributed by atoms with Gasteiger partial charge < -0.3 is 0 Å². The van der Waals surface area contributed by atoms with Crippen LogP contribution in [0.1, 0.15) is 108 Å². The largest absolute Gasteiger partial charge is 0.274 e. The van der Waals surface area contributed by atoms with Gasteiger partial charge in [0.2, 0.25) is 0 Å². The van der Waals surface area contributed by atoms with Crippen molar-refractivity contribution >= 4 is 34.4 Å². The Labute approximate surface area is 194 Å². The van der Waals surface area contributed by atoms with Gasteiger partial charge >= 0.3 is 0 Å². The molecule has 0 spiro atoms. The van der Waals surface area contributed by atoms with Crippen molar-refractivity contribution < 1.29 is 19.2 Å². The van der Waals surface area contributed by atoms with Crippen LogP contribution >= 0.6 is 0 Å². The van der Waals surface area contributed by atoms with E-state index in [4.69, 9.17) is 0 Å². The molecule has 0 aliphatic carbocycles. The highest BCUT2D eigenvalue weighted by atomic mass is 16.2. The van der Waals surface area contributed by atoms with Gasteiger partial charge in [-0.15, -0.1) is 0 Å². The number of hydrogen-bond acceptors (Lipinski definition) is 4. The topological polar surface area (TPSA) is 74.8 Å². The molecule has 2 aromatic carbocycles. The van der Waals surface area contributed by atoms with Crippen LogP contribution in [-0.4, -0.2) is 46.0 Å². The summed E-state index contributed by atoms with van der Waals surface area (Å²) < 4.78 is 0. The van der Waals surface area contributed by atoms with Crippen molar-refractivity contribution in [2.45, 2.75) is 72.3 Å². The molecule has 0 saturated heterocycles. The van der Waals surface area contributed by atoms with Gasteiger partial charge in [-0.25, -0.2) is 0 Å². The summed E-state index contributed by atoms with van der Waals surface area (Å²) in [5.41, 5.74) is 1.56. The van der Waals surface area contributed by atoms with Gasteiger partial charge in [-0.1, -0.05) is 52.9 Å². The van der Waals surface area contributed by atoms with Crippen LogP contribution in [-0.2, 0) is 0 Å². The Kier molecular flexibility index (Phi) is 6.37. The summed E-state index contributed by atoms with van der Waals surface area (Å²) >= 11 is 0. The molecule has 0 radical (unpaired) electrons. The molecule has 174 valence electrons. The molecule has 6 heteroatoms. The first-order valence-corrected chi connectivity index (χ1v) is 12.2. The van der Waals surface area contributed by atoms with Gasteiger partial charge in [0.25, 0.3) is 23.6 Å². The number of hydrogen-bond donors (Lipinski definition) is 0. The first-order chi connectivity index (χ1) is 15.8. The van der Waals surface area contributed by atoms with Crippen molar-refractivity contribution in [1.29, 1.82) is 0 Å². The van der Waals surface area contributed by atoms with Crippen molar-refractivity contribution in [3.63, 3.8) is 0 Å². The molecule has 33 heavy (non-hydrogen) atoms. The predicted molar refractivity (Wildman–Crippen MR) is 127 cm³/mol. The normalized spacial score (nSPS) is 16.4. The Balaban J connectivity index is 1.79. The lowest BCUT2D eigenvalue weighted by Gasteiger charge is -2.35. The maximum Gasteiger partial charge on any atom is 0.261 e. The lowest BCUT2D eigenvalue weighted by atomic mass is 9.85. The molecule has 0 bridgehead atoms. The second-order valence-corrected chi connectivity index (χ2v) is 9.30. The Morgan fingerprint density at radius 2 is 1.15 bits per heavy atom. The van der Waals surface area contributed by atoms with E-state index in [0.717, 1.165) is 38.5 Å². The minimum Gasteiger partial charge on any atom is -0.274 e. The van der Waals surface area contributed by atoms with Crippen molar-refractivity contribution in [1.82, 2.24) is 9.80 Å². The van der Waals surface area contributed by atoms with Crippen LogP contribution in [0.3, 0.4) is 0 Å². The van der Waals surface area contributed by atoms with E-state index in [9.17, 15) is 19.2 Å². The molecule has 2 aliphatic rings. The zero-order chi connectivity index (χ0) is 23.9. The van der Waals surface area contributed by atoms with Crippen LogP contribution in [0.15, 0.2) is 24.3 Å². The second kappa shape index (κ2) is 9.08. The number of nitrogens with zero attached hydrogens (tertiary/aromatic N) is 2. The molecule has 6 nitrogen and oxygen atoms in total. The average molecular weight is 449 g/mol. The monoisotopic (exact) mass is 448 g/mol. The van der Waals surface area contributed by atoms with Gasteiger partial charge in [0.15, 0.2) is 0 Å². The Hall–Kier alpha value is -3.02. The summed E-state index contributed by atoms with van der Waals surface area (Å²) in [7, 11) is 0. The van der Waals surface area contributed by atoms with Crippen LogP contribution in [0.5, 0.6) is 0 Å². The van der Waals surface area contributed by atoms with E-state index in [1.165, 1.54) is 9.80 Å². The fourth-order valence-electron chi connectivity index (χ4n) is 5.13. The van der Waals surface area contributed by atoms with Crippen molar-refractivity contribution in [2.24, 2.45) is 5.92 Å². The van der Waals surface area contributed by atoms with Gasteiger partial charge in [-0.05, 0) is 43.5 Å². The molecule has 4 rings (SSSR count). The van der Waals surface area contributed by atoms with E-state index in [0.29, 0.717) is 39.6 Å². The molecule has 2 aromatic rings. The van der Waals surface area contributed by atoms with Crippen molar-refractivity contribution in [2.75, 3.05) is 6.54 Å². The third-order valence-corrected chi connectivity index (χ3v) is 7.27. The highest BCUT2D eigenvalue weighted by Gasteiger charge is 2.41. The zero-order valence-electron chi connectivity index (χ0n) is 19.9. The van der Waals surface area contributed by atoms with Crippen molar-refractivity contribution in [3.8, 4) is 0 Å². The second-order valence-electron chi connectivity index (χ2n) is 9.30. The minimum atomic E-state index is -0.349. The van der Waals surface area contributed by atoms with E-state index in [1.807, 2.05) is 6.92 Å². The fourth-order valence-corrected chi connectivity index (χ4v) is 5.13. The van der Waals surface area contributed by atoms with E-state index in [-0.39, 0.29) is 35.6 Å². The first kappa shape index (κ1) is 23.1. The van der Waals surface area contributed by atoms with E-state index in [2.05, 4.69) is 20.8 Å². The molecule has 2 aliphatic heterocycles. The van der Waals surface area contributed by atoms with Gasteiger partial charge in [-0.2, -0.15) is 0 Å². The Morgan fingerprint density at radius 1 is 0.697 bits per heavy atom. The van der Waals surface area contributed by atoms with E-state index >= 15 is 0 Å². The number of unbranched alkanes of at least 4 members (excludes halogenated alkanes) is 2. The molecule has 0 aromatic heterocycles. The number of benzene rings is 2. The molecule has 2 heterocycles. The van der Waals surface area contributed by atoms with E-state index < -0.39 is 0 Å². The third kappa shape index (κ3) is 3.65. The molecule has 0 N–H and O–H groups in total. The highest BCUT2D eigenvalue weighted by Crippen LogP contribution is 2.38. The lowest BCUT2D eigenvalue weighted by molar-refractivity contribution is 0.0533. The third-order valence-electron chi connectivity index (χ3n) is 7.27. The van der Waals surface area contributed by atoms with Crippen LogP contribution in [0.2, 0.25) is 0 Å². The standard InChI is InChI=1S/C27H32N2O4/c1-5-8-9-10-16(4)29-26(32)20-13-11-18-22-19(12-14-21(23(20)22)27(29)33)25(31)28(24(18)30)15-17(6-2)7-3/h11-14,16-17H,5-10,15H2,1-4H3/t16-/m0/s1. The average Bonchev–Trinajstić information content (AvgIpc) is 2.81. The molecule has 1 atom stereocenters. The number of carbonyl (C=O) groups excluding carboxylic acids is 4. The quantitative estimate of drug-likeness (QED) is 0.378. The van der Waals surface area contributed by atoms with Crippen LogP contribution in [0.25, 0.3) is 10.8 Å². The lowest BCUT2D eigenvalue weighted by Crippen LogP contribution is -2.47. The zero-order valence-corrected chi connectivity index (χ0v) is 19.9. The summed E-state index contributed by atoms with van der Waals surface area (Å²) in [5.74, 6) is -1.16. The van der Waals surface area contributed by atoms with Crippen LogP contribution < -0.4 is 0 Å². The number of rotatable bonds is 9. The summed E-state index contributed by atoms with van der Waals surface area (Å²) in [6.07, 6.45) is 5.58.